The zero-order valence-electron chi connectivity index (χ0n) is 9.94. The number of methoxy groups -OCH3 is 1. The van der Waals surface area contributed by atoms with Gasteiger partial charge in [-0.1, -0.05) is 0 Å². The van der Waals surface area contributed by atoms with Gasteiger partial charge >= 0.3 is 0 Å². The molecule has 5 heteroatoms. The van der Waals surface area contributed by atoms with E-state index in [2.05, 4.69) is 46.9 Å². The maximum atomic E-state index is 5.86. The van der Waals surface area contributed by atoms with Gasteiger partial charge in [-0.05, 0) is 42.0 Å². The van der Waals surface area contributed by atoms with E-state index in [4.69, 9.17) is 10.5 Å². The fraction of sp³-hybridized carbons (Fsp3) is 0.636. The molecule has 0 aliphatic heterocycles. The van der Waals surface area contributed by atoms with E-state index in [0.29, 0.717) is 12.6 Å². The molecular formula is C11H19BrN2OS. The summed E-state index contributed by atoms with van der Waals surface area (Å²) in [5.74, 6) is 0. The Morgan fingerprint density at radius 1 is 1.56 bits per heavy atom. The highest BCUT2D eigenvalue weighted by Crippen LogP contribution is 2.30. The van der Waals surface area contributed by atoms with E-state index in [0.717, 1.165) is 10.4 Å². The number of likely N-dealkylation sites (N-methyl/N-ethyl adjacent to an activating group) is 1. The number of hydrogen-bond acceptors (Lipinski definition) is 4. The summed E-state index contributed by atoms with van der Waals surface area (Å²) in [4.78, 5) is 3.56. The molecule has 1 heterocycles. The molecule has 1 aromatic heterocycles. The summed E-state index contributed by atoms with van der Waals surface area (Å²) in [6, 6.07) is 4.82. The second-order valence-electron chi connectivity index (χ2n) is 3.86. The van der Waals surface area contributed by atoms with Crippen LogP contribution in [0.25, 0.3) is 0 Å². The van der Waals surface area contributed by atoms with Crippen LogP contribution in [0.3, 0.4) is 0 Å². The van der Waals surface area contributed by atoms with Crippen molar-refractivity contribution in [1.29, 1.82) is 0 Å². The van der Waals surface area contributed by atoms with Gasteiger partial charge in [0.25, 0.3) is 0 Å². The molecule has 0 aliphatic carbocycles. The lowest BCUT2D eigenvalue weighted by atomic mass is 10.1. The molecule has 2 atom stereocenters. The van der Waals surface area contributed by atoms with Gasteiger partial charge in [-0.25, -0.2) is 0 Å². The molecule has 0 spiro atoms. The van der Waals surface area contributed by atoms with Crippen LogP contribution in [0.1, 0.15) is 17.8 Å². The summed E-state index contributed by atoms with van der Waals surface area (Å²) in [5, 5.41) is 0. The van der Waals surface area contributed by atoms with Crippen molar-refractivity contribution in [2.75, 3.05) is 27.3 Å². The third kappa shape index (κ3) is 3.53. The third-order valence-corrected chi connectivity index (χ3v) is 4.47. The normalized spacial score (nSPS) is 15.4. The van der Waals surface area contributed by atoms with Crippen LogP contribution < -0.4 is 5.73 Å². The van der Waals surface area contributed by atoms with Crippen LogP contribution in [0.4, 0.5) is 0 Å². The molecule has 1 rings (SSSR count). The maximum Gasteiger partial charge on any atom is 0.0702 e. The average molecular weight is 307 g/mol. The second-order valence-corrected chi connectivity index (χ2v) is 6.36. The van der Waals surface area contributed by atoms with E-state index in [1.165, 1.54) is 4.88 Å². The molecule has 0 fully saturated rings. The molecule has 2 N–H and O–H groups in total. The van der Waals surface area contributed by atoms with E-state index < -0.39 is 0 Å². The Hall–Kier alpha value is 0.0600. The quantitative estimate of drug-likeness (QED) is 0.877. The molecule has 0 radical (unpaired) electrons. The molecule has 16 heavy (non-hydrogen) atoms. The Labute approximate surface area is 110 Å². The van der Waals surface area contributed by atoms with Crippen LogP contribution in [0.2, 0.25) is 0 Å². The van der Waals surface area contributed by atoms with Gasteiger partial charge in [-0.2, -0.15) is 0 Å². The van der Waals surface area contributed by atoms with Crippen LogP contribution >= 0.6 is 27.3 Å². The first kappa shape index (κ1) is 14.1. The highest BCUT2D eigenvalue weighted by molar-refractivity contribution is 9.11. The minimum absolute atomic E-state index is 0.265. The third-order valence-electron chi connectivity index (χ3n) is 2.74. The van der Waals surface area contributed by atoms with Crippen molar-refractivity contribution >= 4 is 27.3 Å². The largest absolute Gasteiger partial charge is 0.383 e. The molecular weight excluding hydrogens is 288 g/mol. The van der Waals surface area contributed by atoms with Gasteiger partial charge in [-0.3, -0.25) is 4.90 Å². The molecule has 1 aromatic rings. The highest BCUT2D eigenvalue weighted by Gasteiger charge is 2.21. The van der Waals surface area contributed by atoms with Crippen molar-refractivity contribution < 1.29 is 4.74 Å². The Bertz CT molecular complexity index is 319. The van der Waals surface area contributed by atoms with Gasteiger partial charge in [-0.15, -0.1) is 11.3 Å². The Kier molecular flexibility index (Phi) is 5.92. The van der Waals surface area contributed by atoms with Gasteiger partial charge < -0.3 is 10.5 Å². The fourth-order valence-corrected chi connectivity index (χ4v) is 3.25. The second kappa shape index (κ2) is 6.71. The van der Waals surface area contributed by atoms with Gasteiger partial charge in [0, 0.05) is 24.6 Å². The maximum absolute atomic E-state index is 5.86. The SMILES string of the molecule is COCC(C)N(C)C(CN)c1ccc(Br)s1. The minimum Gasteiger partial charge on any atom is -0.383 e. The van der Waals surface area contributed by atoms with Crippen molar-refractivity contribution in [3.8, 4) is 0 Å². The summed E-state index contributed by atoms with van der Waals surface area (Å²) in [6.07, 6.45) is 0. The van der Waals surface area contributed by atoms with Gasteiger partial charge in [0.2, 0.25) is 0 Å². The molecule has 2 unspecified atom stereocenters. The molecule has 0 saturated carbocycles. The number of rotatable bonds is 6. The molecule has 0 amide bonds. The smallest absolute Gasteiger partial charge is 0.0702 e. The molecule has 0 aromatic carbocycles. The van der Waals surface area contributed by atoms with E-state index >= 15 is 0 Å². The molecule has 0 bridgehead atoms. The van der Waals surface area contributed by atoms with Crippen LogP contribution in [-0.4, -0.2) is 38.3 Å². The van der Waals surface area contributed by atoms with E-state index in [9.17, 15) is 0 Å². The number of thiophene rings is 1. The first-order chi connectivity index (χ1) is 7.60. The topological polar surface area (TPSA) is 38.5 Å². The fourth-order valence-electron chi connectivity index (χ4n) is 1.66. The Morgan fingerprint density at radius 2 is 2.25 bits per heavy atom. The van der Waals surface area contributed by atoms with E-state index in [1.54, 1.807) is 18.4 Å². The van der Waals surface area contributed by atoms with Gasteiger partial charge in [0.1, 0.15) is 0 Å². The number of nitrogens with two attached hydrogens (primary N) is 1. The lowest BCUT2D eigenvalue weighted by molar-refractivity contribution is 0.0920. The monoisotopic (exact) mass is 306 g/mol. The van der Waals surface area contributed by atoms with Crippen LogP contribution in [0, 0.1) is 0 Å². The number of nitrogens with zero attached hydrogens (tertiary/aromatic N) is 1. The zero-order valence-corrected chi connectivity index (χ0v) is 12.3. The zero-order chi connectivity index (χ0) is 12.1. The van der Waals surface area contributed by atoms with Crippen molar-refractivity contribution in [3.63, 3.8) is 0 Å². The molecule has 0 aliphatic rings. The van der Waals surface area contributed by atoms with Crippen molar-refractivity contribution in [3.05, 3.63) is 20.8 Å². The highest BCUT2D eigenvalue weighted by atomic mass is 79.9. The average Bonchev–Trinajstić information content (AvgIpc) is 2.66. The van der Waals surface area contributed by atoms with Crippen LogP contribution in [0.15, 0.2) is 15.9 Å². The Balaban J connectivity index is 2.73. The summed E-state index contributed by atoms with van der Waals surface area (Å²) in [5.41, 5.74) is 5.86. The van der Waals surface area contributed by atoms with Crippen molar-refractivity contribution in [2.45, 2.75) is 19.0 Å². The summed E-state index contributed by atoms with van der Waals surface area (Å²) < 4.78 is 6.32. The number of hydrogen-bond donors (Lipinski definition) is 1. The molecule has 92 valence electrons. The molecule has 0 saturated heterocycles. The van der Waals surface area contributed by atoms with Crippen LogP contribution in [-0.2, 0) is 4.74 Å². The lowest BCUT2D eigenvalue weighted by Crippen LogP contribution is -2.38. The minimum atomic E-state index is 0.265. The summed E-state index contributed by atoms with van der Waals surface area (Å²) in [6.45, 7) is 3.49. The number of halogens is 1. The molecule has 3 nitrogen and oxygen atoms in total. The van der Waals surface area contributed by atoms with Crippen LogP contribution in [0.5, 0.6) is 0 Å². The lowest BCUT2D eigenvalue weighted by Gasteiger charge is -2.31. The van der Waals surface area contributed by atoms with Gasteiger partial charge in [0.05, 0.1) is 16.4 Å². The van der Waals surface area contributed by atoms with Gasteiger partial charge in [0.15, 0.2) is 0 Å². The Morgan fingerprint density at radius 3 is 2.69 bits per heavy atom. The van der Waals surface area contributed by atoms with Crippen molar-refractivity contribution in [1.82, 2.24) is 4.90 Å². The summed E-state index contributed by atoms with van der Waals surface area (Å²) >= 11 is 5.22. The first-order valence-corrected chi connectivity index (χ1v) is 6.87. The number of ether oxygens (including phenoxy) is 1. The van der Waals surface area contributed by atoms with E-state index in [1.807, 2.05) is 0 Å². The predicted octanol–water partition coefficient (Wildman–Crippen LogP) is 2.48. The first-order valence-electron chi connectivity index (χ1n) is 5.26. The van der Waals surface area contributed by atoms with E-state index in [-0.39, 0.29) is 6.04 Å². The van der Waals surface area contributed by atoms with Crippen molar-refractivity contribution in [2.24, 2.45) is 5.73 Å². The predicted molar refractivity (Wildman–Crippen MR) is 72.9 cm³/mol. The summed E-state index contributed by atoms with van der Waals surface area (Å²) in [7, 11) is 3.82. The standard InChI is InChI=1S/C11H19BrN2OS/c1-8(7-15-3)14(2)9(6-13)10-4-5-11(12)16-10/h4-5,8-9H,6-7,13H2,1-3H3.